The van der Waals surface area contributed by atoms with Crippen molar-refractivity contribution in [2.24, 2.45) is 0 Å². The number of esters is 1. The first-order chi connectivity index (χ1) is 12.8. The van der Waals surface area contributed by atoms with Gasteiger partial charge in [0, 0.05) is 11.6 Å². The summed E-state index contributed by atoms with van der Waals surface area (Å²) in [4.78, 5) is 34.5. The molecule has 0 unspecified atom stereocenters. The molecule has 0 fully saturated rings. The first-order valence-corrected chi connectivity index (χ1v) is 8.29. The molecule has 1 N–H and O–H groups in total. The largest absolute Gasteiger partial charge is 0.453 e. The number of rotatable bonds is 5. The Hall–Kier alpha value is -3.13. The number of hydrogen-bond donors (Lipinski definition) is 1. The van der Waals surface area contributed by atoms with Crippen molar-refractivity contribution in [2.75, 3.05) is 7.11 Å². The molecule has 9 heteroatoms. The van der Waals surface area contributed by atoms with Crippen LogP contribution in [0.5, 0.6) is 0 Å². The van der Waals surface area contributed by atoms with E-state index in [1.807, 2.05) is 35.6 Å². The number of aryl methyl sites for hydroxylation is 1. The highest BCUT2D eigenvalue weighted by molar-refractivity contribution is 6.31. The number of ether oxygens (including phenoxy) is 2. The van der Waals surface area contributed by atoms with E-state index in [-0.39, 0.29) is 0 Å². The molecule has 1 heterocycles. The van der Waals surface area contributed by atoms with Gasteiger partial charge in [-0.25, -0.2) is 14.3 Å². The summed E-state index contributed by atoms with van der Waals surface area (Å²) in [6.07, 6.45) is 0.476. The lowest BCUT2D eigenvalue weighted by atomic mass is 10.2. The molecule has 0 aliphatic carbocycles. The van der Waals surface area contributed by atoms with Crippen molar-refractivity contribution in [1.29, 1.82) is 0 Å². The molecule has 0 aliphatic heterocycles. The monoisotopic (exact) mass is 391 g/mol. The molecule has 142 valence electrons. The van der Waals surface area contributed by atoms with Crippen LogP contribution in [0.15, 0.2) is 36.4 Å². The Bertz CT molecular complexity index is 877. The number of halogens is 1. The number of aromatic nitrogens is 2. The zero-order valence-corrected chi connectivity index (χ0v) is 15.7. The van der Waals surface area contributed by atoms with Crippen molar-refractivity contribution < 1.29 is 23.9 Å². The number of imide groups is 1. The minimum Gasteiger partial charge on any atom is -0.453 e. The SMILES string of the molecule is COC(=O)NC(=O)[C@H](C)OC(=O)/C=C/c1c(C)nn(-c2ccccc2)c1Cl. The second kappa shape index (κ2) is 9.00. The molecule has 1 aromatic heterocycles. The second-order valence-corrected chi connectivity index (χ2v) is 5.79. The highest BCUT2D eigenvalue weighted by atomic mass is 35.5. The number of benzene rings is 1. The van der Waals surface area contributed by atoms with E-state index in [4.69, 9.17) is 16.3 Å². The van der Waals surface area contributed by atoms with Crippen molar-refractivity contribution in [3.8, 4) is 5.69 Å². The highest BCUT2D eigenvalue weighted by Gasteiger charge is 2.19. The predicted octanol–water partition coefficient (Wildman–Crippen LogP) is 2.66. The molecule has 0 saturated heterocycles. The van der Waals surface area contributed by atoms with E-state index in [9.17, 15) is 14.4 Å². The Labute approximate surface area is 160 Å². The van der Waals surface area contributed by atoms with Gasteiger partial charge in [0.05, 0.1) is 18.5 Å². The van der Waals surface area contributed by atoms with Crippen LogP contribution in [0.3, 0.4) is 0 Å². The molecule has 0 aliphatic rings. The molecule has 27 heavy (non-hydrogen) atoms. The van der Waals surface area contributed by atoms with Crippen LogP contribution in [0.2, 0.25) is 5.15 Å². The number of amides is 2. The minimum absolute atomic E-state index is 0.333. The van der Waals surface area contributed by atoms with Crippen LogP contribution in [0.25, 0.3) is 11.8 Å². The number of carbonyl (C=O) groups is 3. The molecule has 2 aromatic rings. The van der Waals surface area contributed by atoms with Gasteiger partial charge in [0.1, 0.15) is 5.15 Å². The Balaban J connectivity index is 2.07. The third kappa shape index (κ3) is 5.18. The predicted molar refractivity (Wildman–Crippen MR) is 98.4 cm³/mol. The van der Waals surface area contributed by atoms with Gasteiger partial charge in [0.15, 0.2) is 6.10 Å². The minimum atomic E-state index is -1.18. The average Bonchev–Trinajstić information content (AvgIpc) is 2.94. The fraction of sp³-hybridized carbons (Fsp3) is 0.222. The van der Waals surface area contributed by atoms with Gasteiger partial charge in [0.2, 0.25) is 0 Å². The molecule has 2 amide bonds. The summed E-state index contributed by atoms with van der Waals surface area (Å²) in [5.41, 5.74) is 1.94. The van der Waals surface area contributed by atoms with Crippen LogP contribution in [0, 0.1) is 6.92 Å². The first-order valence-electron chi connectivity index (χ1n) is 7.91. The van der Waals surface area contributed by atoms with Crippen molar-refractivity contribution in [1.82, 2.24) is 15.1 Å². The zero-order valence-electron chi connectivity index (χ0n) is 14.9. The average molecular weight is 392 g/mol. The first kappa shape index (κ1) is 20.2. The lowest BCUT2D eigenvalue weighted by Crippen LogP contribution is -2.39. The van der Waals surface area contributed by atoms with Gasteiger partial charge < -0.3 is 9.47 Å². The maximum atomic E-state index is 11.9. The number of hydrogen-bond acceptors (Lipinski definition) is 6. The Morgan fingerprint density at radius 1 is 1.26 bits per heavy atom. The van der Waals surface area contributed by atoms with Crippen LogP contribution < -0.4 is 5.32 Å². The fourth-order valence-electron chi connectivity index (χ4n) is 2.11. The van der Waals surface area contributed by atoms with E-state index in [2.05, 4.69) is 9.84 Å². The Kier molecular flexibility index (Phi) is 6.73. The van der Waals surface area contributed by atoms with Gasteiger partial charge >= 0.3 is 12.1 Å². The van der Waals surface area contributed by atoms with Crippen molar-refractivity contribution in [3.05, 3.63) is 52.8 Å². The highest BCUT2D eigenvalue weighted by Crippen LogP contribution is 2.24. The number of nitrogens with zero attached hydrogens (tertiary/aromatic N) is 2. The van der Waals surface area contributed by atoms with Crippen molar-refractivity contribution >= 4 is 35.6 Å². The molecule has 0 spiro atoms. The normalized spacial score (nSPS) is 11.9. The number of methoxy groups -OCH3 is 1. The smallest absolute Gasteiger partial charge is 0.413 e. The zero-order chi connectivity index (χ0) is 20.0. The molecule has 1 atom stereocenters. The van der Waals surface area contributed by atoms with Gasteiger partial charge in [-0.1, -0.05) is 29.8 Å². The molecule has 8 nitrogen and oxygen atoms in total. The molecular weight excluding hydrogens is 374 g/mol. The lowest BCUT2D eigenvalue weighted by molar-refractivity contribution is -0.149. The summed E-state index contributed by atoms with van der Waals surface area (Å²) in [5.74, 6) is -1.57. The quantitative estimate of drug-likeness (QED) is 0.621. The van der Waals surface area contributed by atoms with Gasteiger partial charge in [-0.05, 0) is 32.1 Å². The summed E-state index contributed by atoms with van der Waals surface area (Å²) in [7, 11) is 1.11. The third-order valence-electron chi connectivity index (χ3n) is 3.51. The number of alkyl carbamates (subject to hydrolysis) is 1. The standard InChI is InChI=1S/C18H18ClN3O5/c1-11-14(16(19)22(21-11)13-7-5-4-6-8-13)9-10-15(23)27-12(2)17(24)20-18(25)26-3/h4-10,12H,1-3H3,(H,20,24,25)/b10-9+/t12-/m0/s1. The van der Waals surface area contributed by atoms with Gasteiger partial charge in [-0.3, -0.25) is 10.1 Å². The maximum absolute atomic E-state index is 11.9. The summed E-state index contributed by atoms with van der Waals surface area (Å²) >= 11 is 6.36. The summed E-state index contributed by atoms with van der Waals surface area (Å²) in [6, 6.07) is 9.29. The Morgan fingerprint density at radius 3 is 2.56 bits per heavy atom. The van der Waals surface area contributed by atoms with Crippen LogP contribution in [-0.2, 0) is 19.1 Å². The van der Waals surface area contributed by atoms with Crippen molar-refractivity contribution in [3.63, 3.8) is 0 Å². The van der Waals surface area contributed by atoms with Crippen LogP contribution in [0.1, 0.15) is 18.2 Å². The van der Waals surface area contributed by atoms with E-state index in [1.54, 1.807) is 11.6 Å². The van der Waals surface area contributed by atoms with E-state index < -0.39 is 24.1 Å². The van der Waals surface area contributed by atoms with E-state index in [0.29, 0.717) is 16.4 Å². The molecule has 1 aromatic carbocycles. The lowest BCUT2D eigenvalue weighted by Gasteiger charge is -2.10. The number of nitrogens with one attached hydrogen (secondary N) is 1. The molecule has 0 radical (unpaired) electrons. The van der Waals surface area contributed by atoms with Crippen LogP contribution in [0.4, 0.5) is 4.79 Å². The number of para-hydroxylation sites is 1. The molecule has 0 bridgehead atoms. The number of carbonyl (C=O) groups excluding carboxylic acids is 3. The van der Waals surface area contributed by atoms with Gasteiger partial charge in [-0.15, -0.1) is 0 Å². The fourth-order valence-corrected chi connectivity index (χ4v) is 2.45. The topological polar surface area (TPSA) is 99.5 Å². The van der Waals surface area contributed by atoms with Crippen molar-refractivity contribution in [2.45, 2.75) is 20.0 Å². The van der Waals surface area contributed by atoms with Gasteiger partial charge in [-0.2, -0.15) is 5.10 Å². The summed E-state index contributed by atoms with van der Waals surface area (Å²) in [6.45, 7) is 3.08. The molecular formula is C18H18ClN3O5. The Morgan fingerprint density at radius 2 is 1.93 bits per heavy atom. The van der Waals surface area contributed by atoms with E-state index >= 15 is 0 Å². The van der Waals surface area contributed by atoms with Gasteiger partial charge in [0.25, 0.3) is 5.91 Å². The maximum Gasteiger partial charge on any atom is 0.413 e. The molecule has 2 rings (SSSR count). The third-order valence-corrected chi connectivity index (χ3v) is 3.87. The summed E-state index contributed by atoms with van der Waals surface area (Å²) < 4.78 is 10.8. The molecule has 0 saturated carbocycles. The van der Waals surface area contributed by atoms with Crippen LogP contribution in [-0.4, -0.2) is 41.0 Å². The van der Waals surface area contributed by atoms with Crippen LogP contribution >= 0.6 is 11.6 Å². The second-order valence-electron chi connectivity index (χ2n) is 5.43. The summed E-state index contributed by atoms with van der Waals surface area (Å²) in [5, 5.41) is 6.60. The van der Waals surface area contributed by atoms with E-state index in [1.165, 1.54) is 13.0 Å². The van der Waals surface area contributed by atoms with E-state index in [0.717, 1.165) is 18.9 Å².